The number of ether oxygens (including phenoxy) is 2. The molecular weight excluding hydrogens is 613 g/mol. The van der Waals surface area contributed by atoms with E-state index in [9.17, 15) is 9.59 Å². The molecule has 0 bridgehead atoms. The van der Waals surface area contributed by atoms with E-state index in [1.54, 1.807) is 0 Å². The molecular formula is C42H80NO4P. The summed E-state index contributed by atoms with van der Waals surface area (Å²) in [5.74, 6) is -0.102. The summed E-state index contributed by atoms with van der Waals surface area (Å²) in [4.78, 5) is 26.7. The number of hydrogen-bond acceptors (Lipinski definition) is 5. The van der Waals surface area contributed by atoms with Crippen LogP contribution in [0, 0.1) is 0 Å². The van der Waals surface area contributed by atoms with Crippen LogP contribution < -0.4 is 0 Å². The fourth-order valence-electron chi connectivity index (χ4n) is 5.93. The van der Waals surface area contributed by atoms with Crippen LogP contribution in [0.2, 0.25) is 0 Å². The molecule has 0 amide bonds. The Kier molecular flexibility index (Phi) is 34.7. The van der Waals surface area contributed by atoms with Gasteiger partial charge in [-0.05, 0) is 129 Å². The van der Waals surface area contributed by atoms with Crippen LogP contribution in [-0.4, -0.2) is 68.2 Å². The lowest BCUT2D eigenvalue weighted by atomic mass is 10.1. The van der Waals surface area contributed by atoms with E-state index in [4.69, 9.17) is 9.47 Å². The number of carbonyl (C=O) groups excluding carboxylic acids is 2. The van der Waals surface area contributed by atoms with E-state index in [1.165, 1.54) is 128 Å². The molecule has 0 aliphatic carbocycles. The Morgan fingerprint density at radius 3 is 1.33 bits per heavy atom. The first-order chi connectivity index (χ1) is 23.3. The van der Waals surface area contributed by atoms with E-state index in [0.29, 0.717) is 12.8 Å². The topological polar surface area (TPSA) is 55.8 Å². The second-order valence-electron chi connectivity index (χ2n) is 14.3. The maximum atomic E-state index is 12.2. The van der Waals surface area contributed by atoms with Crippen molar-refractivity contribution in [2.75, 3.05) is 39.1 Å². The zero-order valence-electron chi connectivity index (χ0n) is 32.8. The summed E-state index contributed by atoms with van der Waals surface area (Å²) in [5, 5.41) is 0. The Hall–Kier alpha value is -1.19. The van der Waals surface area contributed by atoms with Crippen LogP contribution >= 0.6 is 7.92 Å². The molecule has 0 N–H and O–H groups in total. The summed E-state index contributed by atoms with van der Waals surface area (Å²) in [6.45, 7) is 9.59. The van der Waals surface area contributed by atoms with Gasteiger partial charge in [0.25, 0.3) is 0 Å². The highest BCUT2D eigenvalue weighted by Crippen LogP contribution is 2.39. The van der Waals surface area contributed by atoms with Gasteiger partial charge in [-0.1, -0.05) is 103 Å². The van der Waals surface area contributed by atoms with Crippen molar-refractivity contribution < 1.29 is 19.1 Å². The van der Waals surface area contributed by atoms with E-state index < -0.39 is 0 Å². The Balaban J connectivity index is 4.07. The number of allylic oxidation sites excluding steroid dienone is 2. The van der Waals surface area contributed by atoms with Gasteiger partial charge in [0.2, 0.25) is 0 Å². The number of hydrogen-bond donors (Lipinski definition) is 0. The van der Waals surface area contributed by atoms with Crippen molar-refractivity contribution in [1.82, 2.24) is 4.90 Å². The van der Waals surface area contributed by atoms with Crippen LogP contribution in [0.15, 0.2) is 24.3 Å². The molecule has 0 aromatic rings. The van der Waals surface area contributed by atoms with Crippen LogP contribution in [0.5, 0.6) is 0 Å². The summed E-state index contributed by atoms with van der Waals surface area (Å²) in [7, 11) is 4.46. The fraction of sp³-hybridized carbons (Fsp3) is 0.857. The molecule has 2 atom stereocenters. The van der Waals surface area contributed by atoms with Crippen molar-refractivity contribution >= 4 is 19.9 Å². The molecule has 0 saturated heterocycles. The van der Waals surface area contributed by atoms with Crippen molar-refractivity contribution in [1.29, 1.82) is 0 Å². The minimum atomic E-state index is -0.115. The van der Waals surface area contributed by atoms with Crippen molar-refractivity contribution in [2.24, 2.45) is 0 Å². The molecule has 282 valence electrons. The van der Waals surface area contributed by atoms with E-state index >= 15 is 0 Å². The SMILES string of the molecule is CCCCCC/C=C\C(C)OC(=O)CCCCCCCP(CCCCCCCC(=O)OC(C)/C=C\CCCCCC)CCCCN(C)C. The molecule has 0 radical (unpaired) electrons. The van der Waals surface area contributed by atoms with Crippen molar-refractivity contribution in [3.63, 3.8) is 0 Å². The quantitative estimate of drug-likeness (QED) is 0.0286. The van der Waals surface area contributed by atoms with E-state index in [-0.39, 0.29) is 32.1 Å². The number of carbonyl (C=O) groups is 2. The predicted octanol–water partition coefficient (Wildman–Crippen LogP) is 12.4. The molecule has 0 saturated carbocycles. The van der Waals surface area contributed by atoms with Gasteiger partial charge in [-0.15, -0.1) is 7.92 Å². The summed E-state index contributed by atoms with van der Waals surface area (Å²) >= 11 is 0. The van der Waals surface area contributed by atoms with Crippen LogP contribution in [0.1, 0.15) is 182 Å². The molecule has 0 aromatic heterocycles. The Labute approximate surface area is 300 Å². The van der Waals surface area contributed by atoms with E-state index in [0.717, 1.165) is 38.5 Å². The normalized spacial score (nSPS) is 13.8. The van der Waals surface area contributed by atoms with Crippen molar-refractivity contribution in [2.45, 2.75) is 194 Å². The summed E-state index contributed by atoms with van der Waals surface area (Å²) < 4.78 is 11.1. The first-order valence-electron chi connectivity index (χ1n) is 20.4. The Morgan fingerprint density at radius 1 is 0.542 bits per heavy atom. The molecule has 0 rings (SSSR count). The van der Waals surface area contributed by atoms with Gasteiger partial charge in [-0.3, -0.25) is 9.59 Å². The third-order valence-electron chi connectivity index (χ3n) is 8.94. The van der Waals surface area contributed by atoms with Crippen molar-refractivity contribution in [3.05, 3.63) is 24.3 Å². The fourth-order valence-corrected chi connectivity index (χ4v) is 8.62. The molecule has 6 heteroatoms. The zero-order valence-corrected chi connectivity index (χ0v) is 33.7. The number of nitrogens with zero attached hydrogens (tertiary/aromatic N) is 1. The molecule has 0 heterocycles. The third-order valence-corrected chi connectivity index (χ3v) is 11.8. The van der Waals surface area contributed by atoms with Gasteiger partial charge in [0.05, 0.1) is 0 Å². The van der Waals surface area contributed by atoms with Gasteiger partial charge >= 0.3 is 11.9 Å². The monoisotopic (exact) mass is 694 g/mol. The molecule has 0 aliphatic heterocycles. The highest BCUT2D eigenvalue weighted by Gasteiger charge is 2.10. The van der Waals surface area contributed by atoms with Crippen LogP contribution in [0.4, 0.5) is 0 Å². The Bertz CT molecular complexity index is 728. The van der Waals surface area contributed by atoms with Gasteiger partial charge in [-0.2, -0.15) is 0 Å². The third kappa shape index (κ3) is 34.7. The largest absolute Gasteiger partial charge is 0.458 e. The molecule has 5 nitrogen and oxygen atoms in total. The summed E-state index contributed by atoms with van der Waals surface area (Å²) in [6.07, 6.45) is 40.3. The lowest BCUT2D eigenvalue weighted by Gasteiger charge is -2.18. The molecule has 0 aliphatic rings. The average Bonchev–Trinajstić information content (AvgIpc) is 3.04. The molecule has 48 heavy (non-hydrogen) atoms. The Morgan fingerprint density at radius 2 is 0.917 bits per heavy atom. The van der Waals surface area contributed by atoms with Gasteiger partial charge < -0.3 is 14.4 Å². The molecule has 0 aromatic carbocycles. The highest BCUT2D eigenvalue weighted by molar-refractivity contribution is 7.57. The van der Waals surface area contributed by atoms with Crippen molar-refractivity contribution in [3.8, 4) is 0 Å². The number of rotatable bonds is 35. The summed E-state index contributed by atoms with van der Waals surface area (Å²) in [6, 6.07) is 0. The standard InChI is InChI=1S/C42H80NO4P/c1-7-9-11-13-17-23-31-39(3)46-41(44)33-25-19-15-21-28-36-48(38-30-27-35-43(5)6)37-29-22-16-20-26-34-42(45)47-40(4)32-24-18-14-12-10-8-2/h23-24,31-32,39-40H,7-22,25-30,33-38H2,1-6H3/b31-23-,32-24-. The minimum Gasteiger partial charge on any atom is -0.458 e. The molecule has 0 fully saturated rings. The molecule has 2 unspecified atom stereocenters. The van der Waals surface area contributed by atoms with Gasteiger partial charge in [0.1, 0.15) is 12.2 Å². The number of unbranched alkanes of at least 4 members (excludes halogenated alkanes) is 17. The smallest absolute Gasteiger partial charge is 0.306 e. The van der Waals surface area contributed by atoms with Gasteiger partial charge in [0.15, 0.2) is 0 Å². The highest BCUT2D eigenvalue weighted by atomic mass is 31.1. The van der Waals surface area contributed by atoms with Crippen LogP contribution in [0.3, 0.4) is 0 Å². The maximum Gasteiger partial charge on any atom is 0.306 e. The van der Waals surface area contributed by atoms with E-state index in [2.05, 4.69) is 45.0 Å². The minimum absolute atomic E-state index is 0.0508. The van der Waals surface area contributed by atoms with Gasteiger partial charge in [-0.25, -0.2) is 0 Å². The first-order valence-corrected chi connectivity index (χ1v) is 22.3. The first kappa shape index (κ1) is 46.8. The second kappa shape index (κ2) is 35.6. The lowest BCUT2D eigenvalue weighted by Crippen LogP contribution is -2.13. The lowest BCUT2D eigenvalue weighted by molar-refractivity contribution is -0.147. The zero-order chi connectivity index (χ0) is 35.5. The van der Waals surface area contributed by atoms with Crippen LogP contribution in [0.25, 0.3) is 0 Å². The predicted molar refractivity (Wildman–Crippen MR) is 212 cm³/mol. The summed E-state index contributed by atoms with van der Waals surface area (Å²) in [5.41, 5.74) is 0. The average molecular weight is 694 g/mol. The van der Waals surface area contributed by atoms with Gasteiger partial charge in [0, 0.05) is 12.8 Å². The molecule has 0 spiro atoms. The van der Waals surface area contributed by atoms with Crippen LogP contribution in [-0.2, 0) is 19.1 Å². The van der Waals surface area contributed by atoms with E-state index in [1.807, 2.05) is 26.0 Å². The maximum absolute atomic E-state index is 12.2. The number of esters is 2. The second-order valence-corrected chi connectivity index (χ2v) is 17.0.